The third-order valence-corrected chi connectivity index (χ3v) is 1.74. The zero-order valence-electron chi connectivity index (χ0n) is 11.2. The molecule has 0 aliphatic heterocycles. The lowest BCUT2D eigenvalue weighted by molar-refractivity contribution is -0.137. The van der Waals surface area contributed by atoms with Crippen LogP contribution < -0.4 is 16.8 Å². The van der Waals surface area contributed by atoms with E-state index in [1.54, 1.807) is 20.8 Å². The number of halogens is 3. The van der Waals surface area contributed by atoms with Gasteiger partial charge in [-0.05, 0) is 26.8 Å². The van der Waals surface area contributed by atoms with Crippen LogP contribution in [0.25, 0.3) is 0 Å². The zero-order valence-corrected chi connectivity index (χ0v) is 11.2. The fourth-order valence-corrected chi connectivity index (χ4v) is 1.21. The van der Waals surface area contributed by atoms with Crippen LogP contribution in [-0.4, -0.2) is 21.7 Å². The molecule has 0 saturated heterocycles. The van der Waals surface area contributed by atoms with Gasteiger partial charge in [-0.25, -0.2) is 9.78 Å². The van der Waals surface area contributed by atoms with Crippen LogP contribution in [0.3, 0.4) is 0 Å². The number of hydrogen-bond acceptors (Lipinski definition) is 4. The van der Waals surface area contributed by atoms with Gasteiger partial charge in [0.25, 0.3) is 0 Å². The standard InChI is InChI=1S/C10H14F3N3.CH3NO2/c1-9(2,3)16-7-5-15-8(14)4-6(7)10(11,12)13;2-1(3)4/h4-5,16H,1-3H3,(H2,14,15);2H2,(H,3,4). The summed E-state index contributed by atoms with van der Waals surface area (Å²) >= 11 is 0. The molecular weight excluding hydrogens is 277 g/mol. The predicted octanol–water partition coefficient (Wildman–Crippen LogP) is 2.52. The maximum atomic E-state index is 12.7. The molecule has 1 aromatic rings. The average molecular weight is 294 g/mol. The van der Waals surface area contributed by atoms with Gasteiger partial charge in [0, 0.05) is 5.54 Å². The first-order chi connectivity index (χ1) is 8.83. The number of carboxylic acid groups (broad SMARTS) is 1. The van der Waals surface area contributed by atoms with Crippen molar-refractivity contribution in [2.24, 2.45) is 5.73 Å². The minimum atomic E-state index is -4.44. The summed E-state index contributed by atoms with van der Waals surface area (Å²) in [5.41, 5.74) is 7.95. The number of carbonyl (C=O) groups is 1. The maximum Gasteiger partial charge on any atom is 0.418 e. The Morgan fingerprint density at radius 1 is 1.35 bits per heavy atom. The van der Waals surface area contributed by atoms with E-state index in [9.17, 15) is 13.2 Å². The van der Waals surface area contributed by atoms with E-state index >= 15 is 0 Å². The minimum Gasteiger partial charge on any atom is -0.465 e. The minimum absolute atomic E-state index is 0.0609. The molecule has 0 saturated carbocycles. The Hall–Kier alpha value is -2.19. The van der Waals surface area contributed by atoms with Crippen LogP contribution in [0.2, 0.25) is 0 Å². The van der Waals surface area contributed by atoms with Gasteiger partial charge in [0.05, 0.1) is 17.4 Å². The van der Waals surface area contributed by atoms with Gasteiger partial charge in [0.15, 0.2) is 0 Å². The molecular formula is C11H17F3N4O2. The third-order valence-electron chi connectivity index (χ3n) is 1.74. The fourth-order valence-electron chi connectivity index (χ4n) is 1.21. The molecule has 1 heterocycles. The molecule has 0 aromatic carbocycles. The van der Waals surface area contributed by atoms with E-state index < -0.39 is 23.4 Å². The predicted molar refractivity (Wildman–Crippen MR) is 69.2 cm³/mol. The largest absolute Gasteiger partial charge is 0.465 e. The summed E-state index contributed by atoms with van der Waals surface area (Å²) in [6.45, 7) is 5.30. The number of anilines is 2. The molecule has 0 aliphatic rings. The van der Waals surface area contributed by atoms with Crippen LogP contribution >= 0.6 is 0 Å². The van der Waals surface area contributed by atoms with Crippen molar-refractivity contribution in [1.29, 1.82) is 0 Å². The van der Waals surface area contributed by atoms with E-state index in [-0.39, 0.29) is 11.5 Å². The highest BCUT2D eigenvalue weighted by atomic mass is 19.4. The van der Waals surface area contributed by atoms with Crippen LogP contribution in [0.5, 0.6) is 0 Å². The summed E-state index contributed by atoms with van der Waals surface area (Å²) in [5.74, 6) is -0.146. The number of pyridine rings is 1. The van der Waals surface area contributed by atoms with Gasteiger partial charge in [-0.1, -0.05) is 0 Å². The molecule has 0 fully saturated rings. The van der Waals surface area contributed by atoms with Gasteiger partial charge >= 0.3 is 12.3 Å². The van der Waals surface area contributed by atoms with Crippen molar-refractivity contribution in [1.82, 2.24) is 4.98 Å². The molecule has 9 heteroatoms. The molecule has 114 valence electrons. The van der Waals surface area contributed by atoms with Gasteiger partial charge in [-0.15, -0.1) is 0 Å². The fraction of sp³-hybridized carbons (Fsp3) is 0.455. The summed E-state index contributed by atoms with van der Waals surface area (Å²) in [7, 11) is 0. The lowest BCUT2D eigenvalue weighted by atomic mass is 10.1. The molecule has 6 N–H and O–H groups in total. The van der Waals surface area contributed by atoms with Crippen molar-refractivity contribution in [3.05, 3.63) is 17.8 Å². The zero-order chi connectivity index (χ0) is 16.1. The molecule has 1 rings (SSSR count). The number of primary amides is 1. The SMILES string of the molecule is CC(C)(C)Nc1cnc(N)cc1C(F)(F)F.NC(=O)O. The number of nitrogens with one attached hydrogen (secondary N) is 1. The first-order valence-electron chi connectivity index (χ1n) is 5.42. The van der Waals surface area contributed by atoms with Crippen LogP contribution in [0, 0.1) is 0 Å². The van der Waals surface area contributed by atoms with Crippen molar-refractivity contribution < 1.29 is 23.1 Å². The molecule has 0 atom stereocenters. The van der Waals surface area contributed by atoms with Crippen molar-refractivity contribution in [2.75, 3.05) is 11.1 Å². The quantitative estimate of drug-likeness (QED) is 0.635. The van der Waals surface area contributed by atoms with E-state index in [4.69, 9.17) is 15.6 Å². The lowest BCUT2D eigenvalue weighted by Crippen LogP contribution is -2.28. The van der Waals surface area contributed by atoms with Crippen LogP contribution in [0.4, 0.5) is 29.5 Å². The van der Waals surface area contributed by atoms with E-state index in [0.717, 1.165) is 12.3 Å². The number of amides is 1. The highest BCUT2D eigenvalue weighted by molar-refractivity contribution is 5.61. The topological polar surface area (TPSA) is 114 Å². The second-order valence-electron chi connectivity index (χ2n) is 4.87. The summed E-state index contributed by atoms with van der Waals surface area (Å²) in [5, 5.41) is 9.94. The lowest BCUT2D eigenvalue weighted by Gasteiger charge is -2.24. The Morgan fingerprint density at radius 3 is 2.15 bits per heavy atom. The van der Waals surface area contributed by atoms with Gasteiger partial charge < -0.3 is 21.9 Å². The highest BCUT2D eigenvalue weighted by Crippen LogP contribution is 2.36. The van der Waals surface area contributed by atoms with Crippen molar-refractivity contribution >= 4 is 17.6 Å². The van der Waals surface area contributed by atoms with Crippen LogP contribution in [-0.2, 0) is 6.18 Å². The number of nitrogens with two attached hydrogens (primary N) is 2. The molecule has 20 heavy (non-hydrogen) atoms. The summed E-state index contributed by atoms with van der Waals surface area (Å²) in [6.07, 6.45) is -4.67. The third kappa shape index (κ3) is 7.29. The molecule has 1 amide bonds. The smallest absolute Gasteiger partial charge is 0.418 e. The van der Waals surface area contributed by atoms with Crippen molar-refractivity contribution in [3.8, 4) is 0 Å². The Balaban J connectivity index is 0.000000796. The van der Waals surface area contributed by atoms with E-state index in [0.29, 0.717) is 0 Å². The number of hydrogen-bond donors (Lipinski definition) is 4. The molecule has 0 aliphatic carbocycles. The first kappa shape index (κ1) is 17.8. The van der Waals surface area contributed by atoms with E-state index in [1.807, 2.05) is 0 Å². The summed E-state index contributed by atoms with van der Waals surface area (Å²) in [6, 6.07) is 0.827. The number of alkyl halides is 3. The second-order valence-corrected chi connectivity index (χ2v) is 4.87. The van der Waals surface area contributed by atoms with Crippen LogP contribution in [0.1, 0.15) is 26.3 Å². The second kappa shape index (κ2) is 6.31. The van der Waals surface area contributed by atoms with E-state index in [2.05, 4.69) is 16.0 Å². The highest BCUT2D eigenvalue weighted by Gasteiger charge is 2.34. The van der Waals surface area contributed by atoms with Crippen molar-refractivity contribution in [3.63, 3.8) is 0 Å². The Morgan fingerprint density at radius 2 is 1.80 bits per heavy atom. The Kier molecular flexibility index (Phi) is 5.62. The number of nitrogen functional groups attached to an aromatic ring is 1. The van der Waals surface area contributed by atoms with E-state index in [1.165, 1.54) is 0 Å². The number of nitrogens with zero attached hydrogens (tertiary/aromatic N) is 1. The molecule has 0 spiro atoms. The molecule has 0 radical (unpaired) electrons. The van der Waals surface area contributed by atoms with Crippen molar-refractivity contribution in [2.45, 2.75) is 32.5 Å². The number of aromatic nitrogens is 1. The molecule has 1 aromatic heterocycles. The first-order valence-corrected chi connectivity index (χ1v) is 5.42. The summed E-state index contributed by atoms with van der Waals surface area (Å²) < 4.78 is 38.0. The molecule has 0 unspecified atom stereocenters. The van der Waals surface area contributed by atoms with Gasteiger partial charge in [-0.3, -0.25) is 0 Å². The average Bonchev–Trinajstić information content (AvgIpc) is 2.16. The van der Waals surface area contributed by atoms with Crippen LogP contribution in [0.15, 0.2) is 12.3 Å². The number of rotatable bonds is 1. The van der Waals surface area contributed by atoms with Gasteiger partial charge in [0.1, 0.15) is 5.82 Å². The maximum absolute atomic E-state index is 12.7. The van der Waals surface area contributed by atoms with Gasteiger partial charge in [-0.2, -0.15) is 13.2 Å². The molecule has 6 nitrogen and oxygen atoms in total. The Labute approximate surface area is 114 Å². The molecule has 0 bridgehead atoms. The monoisotopic (exact) mass is 294 g/mol. The van der Waals surface area contributed by atoms with Gasteiger partial charge in [0.2, 0.25) is 0 Å². The summed E-state index contributed by atoms with van der Waals surface area (Å²) in [4.78, 5) is 12.4. The Bertz CT molecular complexity index is 466. The normalized spacial score (nSPS) is 11.3.